The number of aliphatic carboxylic acids is 1. The number of carboxylic acids is 1. The number of unbranched alkanes of at least 4 members (excludes halogenated alkanes) is 4. The van der Waals surface area contributed by atoms with Crippen LogP contribution in [0, 0.1) is 0 Å². The molecule has 17 heavy (non-hydrogen) atoms. The third kappa shape index (κ3) is 14.7. The molecule has 0 aromatic heterocycles. The van der Waals surface area contributed by atoms with Crippen molar-refractivity contribution in [2.45, 2.75) is 39.0 Å². The smallest absolute Gasteiger partial charge is 0.549 e. The Bertz CT molecular complexity index is 327. The Labute approximate surface area is 146 Å². The van der Waals surface area contributed by atoms with E-state index >= 15 is 0 Å². The Balaban J connectivity index is 0. The number of carboxylic acid groups (broad SMARTS) is 1. The maximum Gasteiger partial charge on any atom is 1.00 e. The molecular weight excluding hydrogens is 269 g/mol. The van der Waals surface area contributed by atoms with Gasteiger partial charge in [-0.3, -0.25) is 0 Å². The van der Waals surface area contributed by atoms with Crippen LogP contribution in [0.2, 0.25) is 0 Å². The Morgan fingerprint density at radius 3 is 2.47 bits per heavy atom. The molecule has 0 aliphatic carbocycles. The van der Waals surface area contributed by atoms with E-state index in [4.69, 9.17) is 0 Å². The van der Waals surface area contributed by atoms with Crippen LogP contribution in [0.25, 0.3) is 0 Å². The Kier molecular flexibility index (Phi) is 14.0. The minimum absolute atomic E-state index is 0. The first-order valence-corrected chi connectivity index (χ1v) is 6.88. The van der Waals surface area contributed by atoms with Crippen molar-refractivity contribution in [2.75, 3.05) is 6.54 Å². The van der Waals surface area contributed by atoms with Crippen molar-refractivity contribution in [2.24, 2.45) is 0 Å². The van der Waals surface area contributed by atoms with Crippen molar-refractivity contribution >= 4 is 16.0 Å². The number of hydrogen-bond acceptors (Lipinski definition) is 4. The van der Waals surface area contributed by atoms with Crippen molar-refractivity contribution in [1.82, 2.24) is 4.72 Å². The molecule has 0 aromatic rings. The minimum Gasteiger partial charge on any atom is -0.549 e. The molecule has 0 heterocycles. The monoisotopic (exact) mass is 287 g/mol. The average molecular weight is 287 g/mol. The van der Waals surface area contributed by atoms with Crippen LogP contribution in [0.15, 0.2) is 11.5 Å². The minimum atomic E-state index is -3.62. The molecule has 0 aromatic carbocycles. The van der Waals surface area contributed by atoms with Crippen LogP contribution in [-0.2, 0) is 14.8 Å². The summed E-state index contributed by atoms with van der Waals surface area (Å²) in [7, 11) is -3.62. The van der Waals surface area contributed by atoms with Crippen molar-refractivity contribution in [1.29, 1.82) is 0 Å². The predicted octanol–water partition coefficient (Wildman–Crippen LogP) is -2.86. The fourth-order valence-electron chi connectivity index (χ4n) is 1.09. The molecule has 0 saturated heterocycles. The van der Waals surface area contributed by atoms with Crippen LogP contribution >= 0.6 is 0 Å². The third-order valence-electron chi connectivity index (χ3n) is 1.92. The zero-order chi connectivity index (χ0) is 12.4. The molecule has 0 unspecified atom stereocenters. The van der Waals surface area contributed by atoms with E-state index in [9.17, 15) is 18.3 Å². The van der Waals surface area contributed by atoms with Gasteiger partial charge in [-0.05, 0) is 12.8 Å². The molecule has 0 fully saturated rings. The molecule has 5 nitrogen and oxygen atoms in total. The van der Waals surface area contributed by atoms with E-state index in [1.807, 2.05) is 4.72 Å². The van der Waals surface area contributed by atoms with Crippen molar-refractivity contribution in [3.63, 3.8) is 0 Å². The number of nitrogens with one attached hydrogen (secondary N) is 1. The number of rotatable bonds is 9. The standard InChI is InChI=1S/C10H19NO4S.K/c1-2-3-4-5-6-7-8-16(14,15)11-9-10(12)13;/h7-8,11H,2-6,9H2,1H3,(H,12,13);/q;+1/p-1/b8-7+;. The van der Waals surface area contributed by atoms with E-state index in [1.54, 1.807) is 0 Å². The van der Waals surface area contributed by atoms with Gasteiger partial charge in [0.1, 0.15) is 0 Å². The maximum atomic E-state index is 11.1. The molecule has 7 heteroatoms. The first-order chi connectivity index (χ1) is 7.48. The second-order valence-corrected chi connectivity index (χ2v) is 5.11. The quantitative estimate of drug-likeness (QED) is 0.365. The average Bonchev–Trinajstić information content (AvgIpc) is 2.21. The van der Waals surface area contributed by atoms with E-state index in [0.717, 1.165) is 31.1 Å². The summed E-state index contributed by atoms with van der Waals surface area (Å²) in [5.74, 6) is -1.44. The summed E-state index contributed by atoms with van der Waals surface area (Å²) >= 11 is 0. The Morgan fingerprint density at radius 2 is 1.94 bits per heavy atom. The van der Waals surface area contributed by atoms with Gasteiger partial charge in [-0.1, -0.05) is 32.3 Å². The van der Waals surface area contributed by atoms with Crippen LogP contribution in [0.1, 0.15) is 39.0 Å². The number of carbonyl (C=O) groups is 1. The van der Waals surface area contributed by atoms with Crippen molar-refractivity contribution in [3.05, 3.63) is 11.5 Å². The number of hydrogen-bond donors (Lipinski definition) is 1. The maximum absolute atomic E-state index is 11.1. The zero-order valence-electron chi connectivity index (χ0n) is 10.4. The van der Waals surface area contributed by atoms with Gasteiger partial charge < -0.3 is 9.90 Å². The van der Waals surface area contributed by atoms with Gasteiger partial charge in [0.15, 0.2) is 0 Å². The summed E-state index contributed by atoms with van der Waals surface area (Å²) in [5, 5.41) is 11.0. The Hall–Kier alpha value is 0.756. The summed E-state index contributed by atoms with van der Waals surface area (Å²) in [6.07, 6.45) is 6.52. The topological polar surface area (TPSA) is 86.3 Å². The normalized spacial score (nSPS) is 11.4. The second kappa shape index (κ2) is 11.8. The van der Waals surface area contributed by atoms with E-state index in [-0.39, 0.29) is 51.4 Å². The summed E-state index contributed by atoms with van der Waals surface area (Å²) in [6, 6.07) is 0. The molecule has 0 rings (SSSR count). The molecule has 94 valence electrons. The molecule has 0 radical (unpaired) electrons. The van der Waals surface area contributed by atoms with Gasteiger partial charge in [0.05, 0.1) is 12.5 Å². The van der Waals surface area contributed by atoms with Crippen LogP contribution < -0.4 is 61.2 Å². The van der Waals surface area contributed by atoms with Crippen LogP contribution in [0.3, 0.4) is 0 Å². The van der Waals surface area contributed by atoms with Gasteiger partial charge >= 0.3 is 51.4 Å². The van der Waals surface area contributed by atoms with Gasteiger partial charge in [-0.25, -0.2) is 13.1 Å². The molecular formula is C10H18KNO4S. The van der Waals surface area contributed by atoms with Gasteiger partial charge in [-0.2, -0.15) is 0 Å². The molecule has 0 bridgehead atoms. The zero-order valence-corrected chi connectivity index (χ0v) is 14.4. The fraction of sp³-hybridized carbons (Fsp3) is 0.700. The first kappa shape index (κ1) is 20.1. The number of carbonyl (C=O) groups excluding carboxylic acids is 1. The molecule has 0 amide bonds. The third-order valence-corrected chi connectivity index (χ3v) is 3.01. The summed E-state index contributed by atoms with van der Waals surface area (Å²) in [6.45, 7) is 1.41. The van der Waals surface area contributed by atoms with Gasteiger partial charge in [0.25, 0.3) is 0 Å². The van der Waals surface area contributed by atoms with Crippen molar-refractivity contribution < 1.29 is 69.7 Å². The number of allylic oxidation sites excluding steroid dienone is 1. The number of sulfonamides is 1. The van der Waals surface area contributed by atoms with E-state index in [0.29, 0.717) is 6.42 Å². The van der Waals surface area contributed by atoms with Gasteiger partial charge in [0, 0.05) is 5.41 Å². The van der Waals surface area contributed by atoms with Crippen molar-refractivity contribution in [3.8, 4) is 0 Å². The molecule has 1 N–H and O–H groups in total. The van der Waals surface area contributed by atoms with Gasteiger partial charge in [-0.15, -0.1) is 0 Å². The molecule has 0 aliphatic heterocycles. The van der Waals surface area contributed by atoms with E-state index < -0.39 is 22.5 Å². The van der Waals surface area contributed by atoms with Crippen LogP contribution in [0.5, 0.6) is 0 Å². The van der Waals surface area contributed by atoms with Crippen LogP contribution in [0.4, 0.5) is 0 Å². The van der Waals surface area contributed by atoms with E-state index in [2.05, 4.69) is 6.92 Å². The summed E-state index contributed by atoms with van der Waals surface area (Å²) in [4.78, 5) is 10.0. The predicted molar refractivity (Wildman–Crippen MR) is 59.8 cm³/mol. The van der Waals surface area contributed by atoms with Gasteiger partial charge in [0.2, 0.25) is 10.0 Å². The fourth-order valence-corrected chi connectivity index (χ4v) is 1.90. The molecule has 0 atom stereocenters. The Morgan fingerprint density at radius 1 is 1.29 bits per heavy atom. The molecule has 0 saturated carbocycles. The first-order valence-electron chi connectivity index (χ1n) is 5.34. The summed E-state index contributed by atoms with van der Waals surface area (Å²) < 4.78 is 24.2. The second-order valence-electron chi connectivity index (χ2n) is 3.46. The SMILES string of the molecule is CCCCCC/C=C/S(=O)(=O)NCC(=O)[O-].[K+]. The largest absolute Gasteiger partial charge is 1.00 e. The summed E-state index contributed by atoms with van der Waals surface area (Å²) in [5.41, 5.74) is 0. The molecule has 0 spiro atoms. The van der Waals surface area contributed by atoms with E-state index in [1.165, 1.54) is 6.08 Å². The van der Waals surface area contributed by atoms with Crippen LogP contribution in [-0.4, -0.2) is 20.9 Å². The molecule has 0 aliphatic rings.